The fourth-order valence-corrected chi connectivity index (χ4v) is 6.07. The summed E-state index contributed by atoms with van der Waals surface area (Å²) < 4.78 is 10.9. The van der Waals surface area contributed by atoms with Crippen molar-refractivity contribution in [3.63, 3.8) is 0 Å². The van der Waals surface area contributed by atoms with Gasteiger partial charge >= 0.3 is 12.2 Å². The molecule has 3 atom stereocenters. The average molecular weight is 474 g/mol. The summed E-state index contributed by atoms with van der Waals surface area (Å²) in [7, 11) is 0. The molecule has 10 heteroatoms. The SMILES string of the molecule is O=C(O)OC1CCN(CCC2CCCC3C2OC(=O)N3N2CCN(c3ccncc3)CC2)CC1. The molecule has 3 saturated heterocycles. The maximum absolute atomic E-state index is 12.9. The number of carboxylic acid groups (broad SMARTS) is 1. The Kier molecular flexibility index (Phi) is 7.05. The number of aromatic nitrogens is 1. The van der Waals surface area contributed by atoms with Crippen molar-refractivity contribution in [3.8, 4) is 0 Å². The van der Waals surface area contributed by atoms with Crippen LogP contribution >= 0.6 is 0 Å². The molecule has 3 unspecified atom stereocenters. The van der Waals surface area contributed by atoms with Gasteiger partial charge in [-0.3, -0.25) is 4.98 Å². The van der Waals surface area contributed by atoms with Gasteiger partial charge in [-0.05, 0) is 56.7 Å². The van der Waals surface area contributed by atoms with Gasteiger partial charge < -0.3 is 24.4 Å². The summed E-state index contributed by atoms with van der Waals surface area (Å²) in [4.78, 5) is 32.5. The highest BCUT2D eigenvalue weighted by Gasteiger charge is 2.50. The highest BCUT2D eigenvalue weighted by atomic mass is 16.7. The van der Waals surface area contributed by atoms with E-state index in [-0.39, 0.29) is 24.3 Å². The van der Waals surface area contributed by atoms with Gasteiger partial charge in [-0.2, -0.15) is 0 Å². The highest BCUT2D eigenvalue weighted by molar-refractivity contribution is 5.70. The molecule has 1 amide bonds. The van der Waals surface area contributed by atoms with Gasteiger partial charge in [0.2, 0.25) is 0 Å². The van der Waals surface area contributed by atoms with Crippen LogP contribution in [0.4, 0.5) is 15.3 Å². The van der Waals surface area contributed by atoms with Crippen molar-refractivity contribution in [2.45, 2.75) is 56.8 Å². The first-order chi connectivity index (χ1) is 16.6. The van der Waals surface area contributed by atoms with Gasteiger partial charge in [-0.15, -0.1) is 0 Å². The lowest BCUT2D eigenvalue weighted by Gasteiger charge is -2.43. The molecule has 10 nitrogen and oxygen atoms in total. The largest absolute Gasteiger partial charge is 0.506 e. The molecule has 186 valence electrons. The Morgan fingerprint density at radius 3 is 2.50 bits per heavy atom. The van der Waals surface area contributed by atoms with E-state index in [0.717, 1.165) is 84.3 Å². The van der Waals surface area contributed by atoms with Crippen LogP contribution in [0.1, 0.15) is 38.5 Å². The van der Waals surface area contributed by atoms with E-state index in [1.54, 1.807) is 0 Å². The number of fused-ring (bicyclic) bond motifs is 1. The quantitative estimate of drug-likeness (QED) is 0.625. The summed E-state index contributed by atoms with van der Waals surface area (Å²) in [6, 6.07) is 4.19. The Bertz CT molecular complexity index is 841. The topological polar surface area (TPSA) is 98.7 Å². The summed E-state index contributed by atoms with van der Waals surface area (Å²) in [6.07, 6.45) is 7.75. The lowest BCUT2D eigenvalue weighted by molar-refractivity contribution is -0.0241. The number of piperidine rings is 1. The molecular weight excluding hydrogens is 438 g/mol. The van der Waals surface area contributed by atoms with Crippen LogP contribution in [0, 0.1) is 5.92 Å². The van der Waals surface area contributed by atoms with Gasteiger partial charge in [0.25, 0.3) is 0 Å². The molecule has 4 aliphatic rings. The zero-order valence-corrected chi connectivity index (χ0v) is 19.6. The normalized spacial score (nSPS) is 29.1. The van der Waals surface area contributed by atoms with Gasteiger partial charge in [-0.25, -0.2) is 19.6 Å². The third kappa shape index (κ3) is 5.07. The van der Waals surface area contributed by atoms with Crippen molar-refractivity contribution in [3.05, 3.63) is 24.5 Å². The smallest absolute Gasteiger partial charge is 0.450 e. The van der Waals surface area contributed by atoms with Crippen LogP contribution in [0.2, 0.25) is 0 Å². The van der Waals surface area contributed by atoms with Gasteiger partial charge in [0.05, 0.1) is 6.04 Å². The highest BCUT2D eigenvalue weighted by Crippen LogP contribution is 2.38. The third-order valence-corrected chi connectivity index (χ3v) is 7.86. The maximum atomic E-state index is 12.9. The number of hydrazine groups is 1. The van der Waals surface area contributed by atoms with Gasteiger partial charge in [-0.1, -0.05) is 6.42 Å². The van der Waals surface area contributed by atoms with E-state index >= 15 is 0 Å². The molecule has 1 saturated carbocycles. The Hall–Kier alpha value is -2.59. The van der Waals surface area contributed by atoms with Crippen molar-refractivity contribution < 1.29 is 24.2 Å². The molecule has 0 radical (unpaired) electrons. The first kappa shape index (κ1) is 23.2. The van der Waals surface area contributed by atoms with E-state index in [4.69, 9.17) is 14.6 Å². The number of hydrogen-bond acceptors (Lipinski definition) is 8. The minimum atomic E-state index is -1.18. The summed E-state index contributed by atoms with van der Waals surface area (Å²) in [5.41, 5.74) is 1.17. The molecule has 1 aromatic rings. The first-order valence-electron chi connectivity index (χ1n) is 12.6. The summed E-state index contributed by atoms with van der Waals surface area (Å²) in [6.45, 7) is 6.01. The van der Waals surface area contributed by atoms with Crippen LogP contribution in [0.5, 0.6) is 0 Å². The number of likely N-dealkylation sites (tertiary alicyclic amines) is 1. The number of hydrogen-bond donors (Lipinski definition) is 1. The van der Waals surface area contributed by atoms with Crippen molar-refractivity contribution >= 4 is 17.9 Å². The maximum Gasteiger partial charge on any atom is 0.506 e. The van der Waals surface area contributed by atoms with E-state index < -0.39 is 6.16 Å². The van der Waals surface area contributed by atoms with Gasteiger partial charge in [0.15, 0.2) is 0 Å². The molecule has 0 aromatic carbocycles. The number of nitrogens with zero attached hydrogens (tertiary/aromatic N) is 5. The van der Waals surface area contributed by atoms with Crippen molar-refractivity contribution in [1.29, 1.82) is 0 Å². The van der Waals surface area contributed by atoms with Crippen molar-refractivity contribution in [1.82, 2.24) is 19.9 Å². The number of amides is 1. The fourth-order valence-electron chi connectivity index (χ4n) is 6.07. The molecule has 1 aliphatic carbocycles. The second-order valence-corrected chi connectivity index (χ2v) is 9.81. The molecule has 0 bridgehead atoms. The summed E-state index contributed by atoms with van der Waals surface area (Å²) in [5.74, 6) is 0.374. The standard InChI is InChI=1S/C24H35N5O5/c30-23-29(28-16-14-27(15-17-28)19-4-9-25-10-5-19)21-3-1-2-18(22(21)34-23)6-11-26-12-7-20(8-13-26)33-24(31)32/h4-5,9-10,18,20-22H,1-3,6-8,11-17H2,(H,31,32). The molecule has 1 N–H and O–H groups in total. The minimum Gasteiger partial charge on any atom is -0.450 e. The Morgan fingerprint density at radius 2 is 1.79 bits per heavy atom. The van der Waals surface area contributed by atoms with Crippen molar-refractivity contribution in [2.75, 3.05) is 50.7 Å². The van der Waals surface area contributed by atoms with E-state index in [0.29, 0.717) is 5.92 Å². The Labute approximate surface area is 200 Å². The van der Waals surface area contributed by atoms with E-state index in [9.17, 15) is 9.59 Å². The average Bonchev–Trinajstić information content (AvgIpc) is 3.20. The van der Waals surface area contributed by atoms with Crippen LogP contribution in [0.3, 0.4) is 0 Å². The Balaban J connectivity index is 1.12. The number of anilines is 1. The molecule has 34 heavy (non-hydrogen) atoms. The molecule has 4 heterocycles. The first-order valence-corrected chi connectivity index (χ1v) is 12.6. The number of piperazine rings is 1. The zero-order chi connectivity index (χ0) is 23.5. The lowest BCUT2D eigenvalue weighted by atomic mass is 9.81. The van der Waals surface area contributed by atoms with Crippen LogP contribution in [-0.4, -0.2) is 101 Å². The van der Waals surface area contributed by atoms with Crippen LogP contribution < -0.4 is 4.90 Å². The molecule has 1 aromatic heterocycles. The molecule has 5 rings (SSSR count). The molecular formula is C24H35N5O5. The van der Waals surface area contributed by atoms with E-state index in [1.807, 2.05) is 29.5 Å². The predicted octanol–water partition coefficient (Wildman–Crippen LogP) is 2.66. The molecule has 3 aliphatic heterocycles. The third-order valence-electron chi connectivity index (χ3n) is 7.86. The summed E-state index contributed by atoms with van der Waals surface area (Å²) >= 11 is 0. The number of carbonyl (C=O) groups is 2. The second kappa shape index (κ2) is 10.4. The Morgan fingerprint density at radius 1 is 1.06 bits per heavy atom. The second-order valence-electron chi connectivity index (χ2n) is 9.81. The molecule has 0 spiro atoms. The van der Waals surface area contributed by atoms with Crippen LogP contribution in [0.25, 0.3) is 0 Å². The minimum absolute atomic E-state index is 0.0349. The molecule has 4 fully saturated rings. The number of ether oxygens (including phenoxy) is 2. The predicted molar refractivity (Wildman–Crippen MR) is 124 cm³/mol. The van der Waals surface area contributed by atoms with Crippen LogP contribution in [0.15, 0.2) is 24.5 Å². The van der Waals surface area contributed by atoms with Gasteiger partial charge in [0, 0.05) is 57.3 Å². The zero-order valence-electron chi connectivity index (χ0n) is 19.6. The number of rotatable bonds is 6. The van der Waals surface area contributed by atoms with Gasteiger partial charge in [0.1, 0.15) is 12.2 Å². The summed E-state index contributed by atoms with van der Waals surface area (Å²) in [5, 5.41) is 12.9. The van der Waals surface area contributed by atoms with Crippen LogP contribution in [-0.2, 0) is 9.47 Å². The van der Waals surface area contributed by atoms with E-state index in [2.05, 4.69) is 19.8 Å². The van der Waals surface area contributed by atoms with E-state index in [1.165, 1.54) is 5.69 Å². The fraction of sp³-hybridized carbons (Fsp3) is 0.708. The lowest BCUT2D eigenvalue weighted by Crippen LogP contribution is -2.58. The monoisotopic (exact) mass is 473 g/mol. The number of pyridine rings is 1. The van der Waals surface area contributed by atoms with Crippen molar-refractivity contribution in [2.24, 2.45) is 5.92 Å². The number of carbonyl (C=O) groups excluding carboxylic acids is 1.